The van der Waals surface area contributed by atoms with E-state index in [1.165, 1.54) is 12.3 Å². The van der Waals surface area contributed by atoms with E-state index in [4.69, 9.17) is 34.8 Å². The zero-order chi connectivity index (χ0) is 14.7. The van der Waals surface area contributed by atoms with E-state index in [1.807, 2.05) is 0 Å². The minimum Gasteiger partial charge on any atom is -0.506 e. The summed E-state index contributed by atoms with van der Waals surface area (Å²) in [5.74, 6) is -0.670. The maximum atomic E-state index is 9.75. The van der Waals surface area contributed by atoms with Gasteiger partial charge in [0.2, 0.25) is 0 Å². The van der Waals surface area contributed by atoms with E-state index < -0.39 is 0 Å². The van der Waals surface area contributed by atoms with E-state index in [2.05, 4.69) is 10.5 Å². The van der Waals surface area contributed by atoms with Gasteiger partial charge in [0.15, 0.2) is 5.75 Å². The van der Waals surface area contributed by atoms with E-state index in [1.54, 1.807) is 24.3 Å². The largest absolute Gasteiger partial charge is 0.506 e. The molecule has 0 heterocycles. The molecule has 0 aliphatic carbocycles. The van der Waals surface area contributed by atoms with Crippen molar-refractivity contribution in [2.75, 3.05) is 5.43 Å². The van der Waals surface area contributed by atoms with Gasteiger partial charge in [0, 0.05) is 10.6 Å². The first-order valence-corrected chi connectivity index (χ1v) is 6.57. The number of hydrogen-bond donors (Lipinski definition) is 3. The minimum atomic E-state index is -0.370. The van der Waals surface area contributed by atoms with Gasteiger partial charge in [0.25, 0.3) is 0 Å². The second kappa shape index (κ2) is 6.22. The number of hydrogen-bond acceptors (Lipinski definition) is 4. The molecule has 4 nitrogen and oxygen atoms in total. The lowest BCUT2D eigenvalue weighted by molar-refractivity contribution is 0.450. The normalized spacial score (nSPS) is 10.9. The third-order valence-corrected chi connectivity index (χ3v) is 3.30. The molecule has 0 amide bonds. The number of aromatic hydroxyl groups is 2. The third kappa shape index (κ3) is 3.28. The Morgan fingerprint density at radius 3 is 2.50 bits per heavy atom. The molecule has 0 fully saturated rings. The maximum absolute atomic E-state index is 9.75. The van der Waals surface area contributed by atoms with Crippen molar-refractivity contribution in [2.24, 2.45) is 5.10 Å². The molecule has 3 N–H and O–H groups in total. The van der Waals surface area contributed by atoms with Crippen LogP contribution in [0.2, 0.25) is 15.1 Å². The summed E-state index contributed by atoms with van der Waals surface area (Å²) in [5, 5.41) is 23.5. The molecule has 0 radical (unpaired) electrons. The molecule has 0 bridgehead atoms. The Morgan fingerprint density at radius 1 is 1.05 bits per heavy atom. The van der Waals surface area contributed by atoms with Crippen LogP contribution in [0.4, 0.5) is 5.69 Å². The van der Waals surface area contributed by atoms with Crippen LogP contribution in [0.5, 0.6) is 11.5 Å². The number of anilines is 1. The average Bonchev–Trinajstić information content (AvgIpc) is 2.42. The molecular weight excluding hydrogens is 323 g/mol. The number of phenolic OH excluding ortho intramolecular Hbond substituents is 2. The molecule has 2 rings (SSSR count). The van der Waals surface area contributed by atoms with Crippen molar-refractivity contribution in [3.63, 3.8) is 0 Å². The lowest BCUT2D eigenvalue weighted by atomic mass is 10.2. The molecule has 0 aromatic heterocycles. The lowest BCUT2D eigenvalue weighted by Gasteiger charge is -2.06. The Labute approximate surface area is 130 Å². The second-order valence-electron chi connectivity index (χ2n) is 3.84. The molecule has 0 unspecified atom stereocenters. The Hall–Kier alpha value is -1.62. The summed E-state index contributed by atoms with van der Waals surface area (Å²) in [6.07, 6.45) is 1.33. The van der Waals surface area contributed by atoms with Crippen LogP contribution in [0.1, 0.15) is 5.56 Å². The van der Waals surface area contributed by atoms with Gasteiger partial charge in [-0.15, -0.1) is 0 Å². The summed E-state index contributed by atoms with van der Waals surface area (Å²) in [6, 6.07) is 8.32. The standard InChI is InChI=1S/C13H9Cl3N2O2/c14-8-2-1-3-9(5-8)18-17-6-7-4-10(15)13(20)11(16)12(7)19/h1-6,18-20H. The quantitative estimate of drug-likeness (QED) is 0.573. The van der Waals surface area contributed by atoms with Crippen LogP contribution in [0.15, 0.2) is 35.4 Å². The maximum Gasteiger partial charge on any atom is 0.156 e. The highest BCUT2D eigenvalue weighted by Crippen LogP contribution is 2.40. The van der Waals surface area contributed by atoms with Gasteiger partial charge in [-0.1, -0.05) is 40.9 Å². The Kier molecular flexibility index (Phi) is 4.60. The Balaban J connectivity index is 2.20. The molecular formula is C13H9Cl3N2O2. The monoisotopic (exact) mass is 330 g/mol. The smallest absolute Gasteiger partial charge is 0.156 e. The van der Waals surface area contributed by atoms with E-state index in [0.29, 0.717) is 10.7 Å². The van der Waals surface area contributed by atoms with Crippen LogP contribution in [-0.4, -0.2) is 16.4 Å². The number of hydrazone groups is 1. The van der Waals surface area contributed by atoms with Crippen LogP contribution in [-0.2, 0) is 0 Å². The predicted octanol–water partition coefficient (Wildman–Crippen LogP) is 4.50. The van der Waals surface area contributed by atoms with Gasteiger partial charge in [0.05, 0.1) is 16.9 Å². The molecule has 0 aliphatic rings. The SMILES string of the molecule is Oc1c(Cl)cc(C=NNc2cccc(Cl)c2)c(O)c1Cl. The average molecular weight is 332 g/mol. The molecule has 0 aliphatic heterocycles. The van der Waals surface area contributed by atoms with Gasteiger partial charge in [0.1, 0.15) is 10.8 Å². The van der Waals surface area contributed by atoms with Crippen molar-refractivity contribution in [1.29, 1.82) is 0 Å². The summed E-state index contributed by atoms with van der Waals surface area (Å²) in [5.41, 5.74) is 3.70. The number of nitrogens with one attached hydrogen (secondary N) is 1. The van der Waals surface area contributed by atoms with Gasteiger partial charge in [-0.05, 0) is 24.3 Å². The number of phenols is 2. The first-order valence-electron chi connectivity index (χ1n) is 5.43. The molecule has 2 aromatic carbocycles. The number of benzene rings is 2. The second-order valence-corrected chi connectivity index (χ2v) is 5.06. The number of nitrogens with zero attached hydrogens (tertiary/aromatic N) is 1. The first-order chi connectivity index (χ1) is 9.49. The number of rotatable bonds is 3. The summed E-state index contributed by atoms with van der Waals surface area (Å²) in [6.45, 7) is 0. The van der Waals surface area contributed by atoms with Crippen LogP contribution in [0.25, 0.3) is 0 Å². The first kappa shape index (κ1) is 14.8. The summed E-state index contributed by atoms with van der Waals surface area (Å²) in [4.78, 5) is 0. The van der Waals surface area contributed by atoms with Crippen LogP contribution in [0, 0.1) is 0 Å². The number of halogens is 3. The van der Waals surface area contributed by atoms with Gasteiger partial charge in [-0.3, -0.25) is 5.43 Å². The third-order valence-electron chi connectivity index (χ3n) is 2.42. The summed E-state index contributed by atoms with van der Waals surface area (Å²) < 4.78 is 0. The van der Waals surface area contributed by atoms with Gasteiger partial charge < -0.3 is 10.2 Å². The van der Waals surface area contributed by atoms with Crippen molar-refractivity contribution < 1.29 is 10.2 Å². The van der Waals surface area contributed by atoms with Crippen molar-refractivity contribution in [3.05, 3.63) is 51.0 Å². The molecule has 2 aromatic rings. The Morgan fingerprint density at radius 2 is 1.80 bits per heavy atom. The highest BCUT2D eigenvalue weighted by atomic mass is 35.5. The summed E-state index contributed by atoms with van der Waals surface area (Å²) in [7, 11) is 0. The zero-order valence-corrected chi connectivity index (χ0v) is 12.2. The van der Waals surface area contributed by atoms with Crippen LogP contribution < -0.4 is 5.43 Å². The van der Waals surface area contributed by atoms with Gasteiger partial charge in [-0.2, -0.15) is 5.10 Å². The van der Waals surface area contributed by atoms with Crippen molar-refractivity contribution >= 4 is 46.7 Å². The van der Waals surface area contributed by atoms with Crippen molar-refractivity contribution in [3.8, 4) is 11.5 Å². The molecule has 0 saturated carbocycles. The summed E-state index contributed by atoms with van der Waals surface area (Å²) >= 11 is 17.3. The molecule has 104 valence electrons. The van der Waals surface area contributed by atoms with Crippen molar-refractivity contribution in [2.45, 2.75) is 0 Å². The lowest BCUT2D eigenvalue weighted by Crippen LogP contribution is -1.91. The van der Waals surface area contributed by atoms with Gasteiger partial charge in [-0.25, -0.2) is 0 Å². The van der Waals surface area contributed by atoms with E-state index in [0.717, 1.165) is 0 Å². The fraction of sp³-hybridized carbons (Fsp3) is 0. The molecule has 20 heavy (non-hydrogen) atoms. The van der Waals surface area contributed by atoms with E-state index in [9.17, 15) is 10.2 Å². The zero-order valence-electron chi connectivity index (χ0n) is 9.94. The molecule has 0 saturated heterocycles. The van der Waals surface area contributed by atoms with Crippen molar-refractivity contribution in [1.82, 2.24) is 0 Å². The Bertz CT molecular complexity index is 675. The topological polar surface area (TPSA) is 64.9 Å². The fourth-order valence-electron chi connectivity index (χ4n) is 1.45. The predicted molar refractivity (Wildman–Crippen MR) is 82.5 cm³/mol. The molecule has 7 heteroatoms. The molecule has 0 atom stereocenters. The highest BCUT2D eigenvalue weighted by molar-refractivity contribution is 6.38. The van der Waals surface area contributed by atoms with E-state index >= 15 is 0 Å². The minimum absolute atomic E-state index is 0.0250. The molecule has 0 spiro atoms. The fourth-order valence-corrected chi connectivity index (χ4v) is 2.11. The van der Waals surface area contributed by atoms with Crippen LogP contribution >= 0.6 is 34.8 Å². The van der Waals surface area contributed by atoms with Gasteiger partial charge >= 0.3 is 0 Å². The highest BCUT2D eigenvalue weighted by Gasteiger charge is 2.13. The van der Waals surface area contributed by atoms with Crippen LogP contribution in [0.3, 0.4) is 0 Å². The van der Waals surface area contributed by atoms with E-state index in [-0.39, 0.29) is 27.1 Å².